The van der Waals surface area contributed by atoms with E-state index in [0.717, 1.165) is 6.07 Å². The van der Waals surface area contributed by atoms with Crippen LogP contribution in [-0.4, -0.2) is 34.7 Å². The first-order valence-electron chi connectivity index (χ1n) is 4.97. The summed E-state index contributed by atoms with van der Waals surface area (Å²) in [5.74, 6) is -1.76. The Bertz CT molecular complexity index is 425. The molecule has 0 fully saturated rings. The average Bonchev–Trinajstić information content (AvgIpc) is 2.30. The predicted molar refractivity (Wildman–Crippen MR) is 63.3 cm³/mol. The van der Waals surface area contributed by atoms with Gasteiger partial charge in [-0.1, -0.05) is 0 Å². The minimum Gasteiger partial charge on any atom is -0.478 e. The molecule has 0 aromatic heterocycles. The zero-order valence-corrected chi connectivity index (χ0v) is 9.96. The van der Waals surface area contributed by atoms with Crippen molar-refractivity contribution in [2.24, 2.45) is 0 Å². The Labute approximate surface area is 103 Å². The maximum absolute atomic E-state index is 13.4. The lowest BCUT2D eigenvalue weighted by Gasteiger charge is -2.13. The van der Waals surface area contributed by atoms with E-state index in [2.05, 4.69) is 5.32 Å². The van der Waals surface area contributed by atoms with Crippen LogP contribution in [0.25, 0.3) is 0 Å². The van der Waals surface area contributed by atoms with Gasteiger partial charge in [0.1, 0.15) is 5.82 Å². The summed E-state index contributed by atoms with van der Waals surface area (Å²) in [6, 6.07) is 2.28. The van der Waals surface area contributed by atoms with Crippen molar-refractivity contribution >= 4 is 23.3 Å². The molecule has 1 aromatic rings. The van der Waals surface area contributed by atoms with Crippen LogP contribution in [-0.2, 0) is 0 Å². The molecular weight excluding hydrogens is 249 g/mol. The number of rotatable bonds is 5. The van der Waals surface area contributed by atoms with Crippen molar-refractivity contribution in [3.8, 4) is 0 Å². The summed E-state index contributed by atoms with van der Waals surface area (Å²) < 4.78 is 13.4. The minimum atomic E-state index is -1.20. The zero-order chi connectivity index (χ0) is 13.0. The number of nitrogens with one attached hydrogen (secondary N) is 1. The molecule has 1 atom stereocenters. The molecule has 0 aliphatic carbocycles. The van der Waals surface area contributed by atoms with Crippen molar-refractivity contribution in [1.29, 1.82) is 0 Å². The van der Waals surface area contributed by atoms with Crippen LogP contribution >= 0.6 is 11.6 Å². The molecular formula is C11H13ClFNO3. The number of carbonyl (C=O) groups is 1. The molecule has 0 heterocycles. The van der Waals surface area contributed by atoms with E-state index in [9.17, 15) is 14.3 Å². The Morgan fingerprint density at radius 1 is 1.59 bits per heavy atom. The maximum Gasteiger partial charge on any atom is 0.335 e. The highest BCUT2D eigenvalue weighted by Gasteiger charge is 2.12. The van der Waals surface area contributed by atoms with Gasteiger partial charge in [-0.05, 0) is 19.1 Å². The summed E-state index contributed by atoms with van der Waals surface area (Å²) in [6.07, 6.45) is -0.771. The number of hydrogen-bond acceptors (Lipinski definition) is 3. The van der Waals surface area contributed by atoms with E-state index in [0.29, 0.717) is 11.3 Å². The number of aliphatic hydroxyl groups is 1. The van der Waals surface area contributed by atoms with E-state index in [1.165, 1.54) is 13.0 Å². The molecule has 4 nitrogen and oxygen atoms in total. The predicted octanol–water partition coefficient (Wildman–Crippen LogP) is 1.84. The molecule has 1 unspecified atom stereocenters. The number of alkyl halides is 1. The topological polar surface area (TPSA) is 69.6 Å². The van der Waals surface area contributed by atoms with Crippen LogP contribution in [0.15, 0.2) is 12.1 Å². The Morgan fingerprint density at radius 3 is 2.76 bits per heavy atom. The van der Waals surface area contributed by atoms with Crippen molar-refractivity contribution < 1.29 is 19.4 Å². The van der Waals surface area contributed by atoms with Crippen LogP contribution in [0.2, 0.25) is 0 Å². The van der Waals surface area contributed by atoms with Crippen LogP contribution in [0.3, 0.4) is 0 Å². The zero-order valence-electron chi connectivity index (χ0n) is 9.20. The van der Waals surface area contributed by atoms with Crippen LogP contribution < -0.4 is 5.32 Å². The summed E-state index contributed by atoms with van der Waals surface area (Å²) in [4.78, 5) is 10.7. The lowest BCUT2D eigenvalue weighted by atomic mass is 10.1. The van der Waals surface area contributed by atoms with E-state index >= 15 is 0 Å². The van der Waals surface area contributed by atoms with Gasteiger partial charge in [-0.3, -0.25) is 0 Å². The molecule has 0 bridgehead atoms. The molecule has 1 aromatic carbocycles. The second-order valence-corrected chi connectivity index (χ2v) is 3.93. The molecule has 0 aliphatic rings. The fourth-order valence-corrected chi connectivity index (χ4v) is 1.38. The molecule has 0 spiro atoms. The molecule has 1 rings (SSSR count). The second kappa shape index (κ2) is 5.84. The molecule has 0 aliphatic heterocycles. The van der Waals surface area contributed by atoms with Crippen molar-refractivity contribution in [3.05, 3.63) is 29.1 Å². The van der Waals surface area contributed by atoms with Gasteiger partial charge in [-0.15, -0.1) is 11.6 Å². The average molecular weight is 262 g/mol. The van der Waals surface area contributed by atoms with E-state index in [1.54, 1.807) is 0 Å². The van der Waals surface area contributed by atoms with Crippen LogP contribution in [0.1, 0.15) is 15.9 Å². The van der Waals surface area contributed by atoms with Crippen LogP contribution in [0.4, 0.5) is 10.1 Å². The Morgan fingerprint density at radius 2 is 2.24 bits per heavy atom. The van der Waals surface area contributed by atoms with E-state index in [4.69, 9.17) is 16.7 Å². The van der Waals surface area contributed by atoms with Crippen molar-refractivity contribution in [2.75, 3.05) is 17.7 Å². The fourth-order valence-electron chi connectivity index (χ4n) is 1.27. The molecule has 0 saturated heterocycles. The van der Waals surface area contributed by atoms with E-state index in [-0.39, 0.29) is 18.0 Å². The first-order chi connectivity index (χ1) is 7.95. The Kier molecular flexibility index (Phi) is 4.72. The smallest absolute Gasteiger partial charge is 0.335 e. The highest BCUT2D eigenvalue weighted by atomic mass is 35.5. The fraction of sp³-hybridized carbons (Fsp3) is 0.364. The lowest BCUT2D eigenvalue weighted by molar-refractivity contribution is 0.0696. The lowest BCUT2D eigenvalue weighted by Crippen LogP contribution is -2.21. The summed E-state index contributed by atoms with van der Waals surface area (Å²) in [6.45, 7) is 1.66. The van der Waals surface area contributed by atoms with Gasteiger partial charge in [0, 0.05) is 17.8 Å². The van der Waals surface area contributed by atoms with Crippen molar-refractivity contribution in [2.45, 2.75) is 13.0 Å². The first-order valence-corrected chi connectivity index (χ1v) is 5.50. The van der Waals surface area contributed by atoms with Gasteiger partial charge >= 0.3 is 5.97 Å². The van der Waals surface area contributed by atoms with Gasteiger partial charge in [0.05, 0.1) is 17.5 Å². The van der Waals surface area contributed by atoms with Gasteiger partial charge < -0.3 is 15.5 Å². The SMILES string of the molecule is Cc1c(F)cc(C(=O)O)cc1NCC(O)CCl. The molecule has 0 saturated carbocycles. The molecule has 0 amide bonds. The Hall–Kier alpha value is -1.33. The maximum atomic E-state index is 13.4. The first kappa shape index (κ1) is 13.7. The number of carboxylic acid groups (broad SMARTS) is 1. The quantitative estimate of drug-likeness (QED) is 0.708. The van der Waals surface area contributed by atoms with Gasteiger partial charge in [0.25, 0.3) is 0 Å². The van der Waals surface area contributed by atoms with E-state index in [1.807, 2.05) is 0 Å². The van der Waals surface area contributed by atoms with Gasteiger partial charge in [0.15, 0.2) is 0 Å². The second-order valence-electron chi connectivity index (χ2n) is 3.62. The summed E-state index contributed by atoms with van der Waals surface area (Å²) in [7, 11) is 0. The number of anilines is 1. The molecule has 3 N–H and O–H groups in total. The standard InChI is InChI=1S/C11H13ClFNO3/c1-6-9(13)2-7(11(16)17)3-10(6)14-5-8(15)4-12/h2-3,8,14-15H,4-5H2,1H3,(H,16,17). The third kappa shape index (κ3) is 3.57. The summed E-state index contributed by atoms with van der Waals surface area (Å²) in [5, 5.41) is 20.8. The monoisotopic (exact) mass is 261 g/mol. The molecule has 94 valence electrons. The molecule has 0 radical (unpaired) electrons. The van der Waals surface area contributed by atoms with Crippen LogP contribution in [0.5, 0.6) is 0 Å². The molecule has 6 heteroatoms. The number of carboxylic acids is 1. The van der Waals surface area contributed by atoms with Gasteiger partial charge in [-0.25, -0.2) is 9.18 Å². The van der Waals surface area contributed by atoms with E-state index < -0.39 is 17.9 Å². The van der Waals surface area contributed by atoms with Gasteiger partial charge in [-0.2, -0.15) is 0 Å². The number of aliphatic hydroxyl groups excluding tert-OH is 1. The largest absolute Gasteiger partial charge is 0.478 e. The van der Waals surface area contributed by atoms with Gasteiger partial charge in [0.2, 0.25) is 0 Å². The third-order valence-electron chi connectivity index (χ3n) is 2.30. The van der Waals surface area contributed by atoms with Crippen molar-refractivity contribution in [3.63, 3.8) is 0 Å². The third-order valence-corrected chi connectivity index (χ3v) is 2.65. The van der Waals surface area contributed by atoms with Crippen molar-refractivity contribution in [1.82, 2.24) is 0 Å². The summed E-state index contributed by atoms with van der Waals surface area (Å²) in [5.41, 5.74) is 0.499. The number of aromatic carboxylic acids is 1. The summed E-state index contributed by atoms with van der Waals surface area (Å²) >= 11 is 5.41. The molecule has 17 heavy (non-hydrogen) atoms. The number of halogens is 2. The van der Waals surface area contributed by atoms with Crippen LogP contribution in [0, 0.1) is 12.7 Å². The normalized spacial score (nSPS) is 12.2. The number of benzene rings is 1. The minimum absolute atomic E-state index is 0.0488. The Balaban J connectivity index is 2.93. The highest BCUT2D eigenvalue weighted by Crippen LogP contribution is 2.20. The number of hydrogen-bond donors (Lipinski definition) is 3. The highest BCUT2D eigenvalue weighted by molar-refractivity contribution is 6.18.